The van der Waals surface area contributed by atoms with Crippen molar-refractivity contribution in [1.82, 2.24) is 4.98 Å². The van der Waals surface area contributed by atoms with Crippen LogP contribution in [0.15, 0.2) is 4.42 Å². The van der Waals surface area contributed by atoms with E-state index in [2.05, 4.69) is 4.98 Å². The largest absolute Gasteiger partial charge is 0.443 e. The second kappa shape index (κ2) is 5.65. The average Bonchev–Trinajstić information content (AvgIpc) is 2.50. The van der Waals surface area contributed by atoms with Crippen molar-refractivity contribution < 1.29 is 9.15 Å². The molecule has 2 N–H and O–H groups in total. The molecule has 96 valence electrons. The summed E-state index contributed by atoms with van der Waals surface area (Å²) in [7, 11) is 0. The van der Waals surface area contributed by atoms with Gasteiger partial charge < -0.3 is 14.9 Å². The Labute approximate surface area is 103 Å². The molecule has 0 spiro atoms. The van der Waals surface area contributed by atoms with Gasteiger partial charge in [0.15, 0.2) is 0 Å². The molecule has 2 rings (SSSR count). The van der Waals surface area contributed by atoms with E-state index in [1.807, 2.05) is 13.8 Å². The summed E-state index contributed by atoms with van der Waals surface area (Å²) in [5.74, 6) is 1.53. The maximum Gasteiger partial charge on any atom is 0.220 e. The normalized spacial score (nSPS) is 25.8. The molecular formula is C13H22N2O2. The predicted molar refractivity (Wildman–Crippen MR) is 65.6 cm³/mol. The van der Waals surface area contributed by atoms with Crippen molar-refractivity contribution in [2.75, 3.05) is 0 Å². The Hall–Kier alpha value is -0.870. The van der Waals surface area contributed by atoms with E-state index < -0.39 is 0 Å². The van der Waals surface area contributed by atoms with Crippen LogP contribution >= 0.6 is 0 Å². The lowest BCUT2D eigenvalue weighted by Gasteiger charge is -2.20. The SMILES string of the molecule is Cc1nc(COC2CCCCCC2N)oc1C. The number of rotatable bonds is 3. The molecule has 1 aliphatic carbocycles. The quantitative estimate of drug-likeness (QED) is 0.822. The van der Waals surface area contributed by atoms with Gasteiger partial charge in [-0.1, -0.05) is 19.3 Å². The zero-order chi connectivity index (χ0) is 12.3. The third-order valence-electron chi connectivity index (χ3n) is 3.50. The van der Waals surface area contributed by atoms with Crippen LogP contribution in [0, 0.1) is 13.8 Å². The highest BCUT2D eigenvalue weighted by Crippen LogP contribution is 2.20. The van der Waals surface area contributed by atoms with Crippen LogP contribution in [0.3, 0.4) is 0 Å². The van der Waals surface area contributed by atoms with Crippen LogP contribution in [-0.4, -0.2) is 17.1 Å². The van der Waals surface area contributed by atoms with Gasteiger partial charge in [-0.15, -0.1) is 0 Å². The zero-order valence-electron chi connectivity index (χ0n) is 10.7. The van der Waals surface area contributed by atoms with Crippen LogP contribution in [-0.2, 0) is 11.3 Å². The maximum absolute atomic E-state index is 6.10. The zero-order valence-corrected chi connectivity index (χ0v) is 10.7. The molecule has 1 heterocycles. The number of nitrogens with two attached hydrogens (primary N) is 1. The molecule has 1 aliphatic rings. The molecule has 1 aromatic heterocycles. The molecule has 4 heteroatoms. The van der Waals surface area contributed by atoms with Gasteiger partial charge in [-0.05, 0) is 26.7 Å². The number of nitrogens with zero attached hydrogens (tertiary/aromatic N) is 1. The Bertz CT molecular complexity index is 343. The lowest BCUT2D eigenvalue weighted by atomic mass is 10.1. The number of hydrogen-bond donors (Lipinski definition) is 1. The van der Waals surface area contributed by atoms with Gasteiger partial charge in [0, 0.05) is 6.04 Å². The molecule has 0 amide bonds. The molecule has 0 aromatic carbocycles. The van der Waals surface area contributed by atoms with Crippen molar-refractivity contribution in [2.45, 2.75) is 64.7 Å². The number of aromatic nitrogens is 1. The van der Waals surface area contributed by atoms with E-state index in [4.69, 9.17) is 14.9 Å². The molecule has 0 aliphatic heterocycles. The number of hydrogen-bond acceptors (Lipinski definition) is 4. The summed E-state index contributed by atoms with van der Waals surface area (Å²) in [6, 6.07) is 0.162. The first kappa shape index (κ1) is 12.6. The first-order chi connectivity index (χ1) is 8.16. The Kier molecular flexibility index (Phi) is 4.18. The lowest BCUT2D eigenvalue weighted by Crippen LogP contribution is -2.35. The van der Waals surface area contributed by atoms with Gasteiger partial charge in [0.1, 0.15) is 12.4 Å². The third-order valence-corrected chi connectivity index (χ3v) is 3.50. The van der Waals surface area contributed by atoms with Gasteiger partial charge in [-0.2, -0.15) is 0 Å². The predicted octanol–water partition coefficient (Wildman–Crippen LogP) is 2.47. The van der Waals surface area contributed by atoms with Crippen molar-refractivity contribution in [1.29, 1.82) is 0 Å². The second-order valence-electron chi connectivity index (χ2n) is 4.90. The van der Waals surface area contributed by atoms with Crippen LogP contribution in [0.2, 0.25) is 0 Å². The van der Waals surface area contributed by atoms with Gasteiger partial charge in [0.05, 0.1) is 11.8 Å². The molecule has 0 saturated heterocycles. The van der Waals surface area contributed by atoms with Crippen molar-refractivity contribution in [3.63, 3.8) is 0 Å². The molecule has 1 aromatic rings. The summed E-state index contributed by atoms with van der Waals surface area (Å²) in [4.78, 5) is 4.31. The first-order valence-corrected chi connectivity index (χ1v) is 6.47. The van der Waals surface area contributed by atoms with Crippen molar-refractivity contribution in [3.8, 4) is 0 Å². The van der Waals surface area contributed by atoms with E-state index in [0.717, 1.165) is 24.3 Å². The van der Waals surface area contributed by atoms with Crippen molar-refractivity contribution >= 4 is 0 Å². The number of aryl methyl sites for hydroxylation is 2. The Balaban J connectivity index is 1.88. The average molecular weight is 238 g/mol. The third kappa shape index (κ3) is 3.30. The van der Waals surface area contributed by atoms with Crippen LogP contribution in [0.1, 0.15) is 49.4 Å². The Morgan fingerprint density at radius 3 is 2.76 bits per heavy atom. The molecule has 2 atom stereocenters. The maximum atomic E-state index is 6.10. The molecule has 4 nitrogen and oxygen atoms in total. The molecule has 1 saturated carbocycles. The van der Waals surface area contributed by atoms with Crippen LogP contribution in [0.5, 0.6) is 0 Å². The molecule has 17 heavy (non-hydrogen) atoms. The summed E-state index contributed by atoms with van der Waals surface area (Å²) in [6.07, 6.45) is 5.98. The summed E-state index contributed by atoms with van der Waals surface area (Å²) in [5, 5.41) is 0. The molecule has 2 unspecified atom stereocenters. The highest BCUT2D eigenvalue weighted by molar-refractivity contribution is 5.04. The fourth-order valence-corrected chi connectivity index (χ4v) is 2.29. The molecule has 0 radical (unpaired) electrons. The van der Waals surface area contributed by atoms with Gasteiger partial charge in [0.25, 0.3) is 0 Å². The monoisotopic (exact) mass is 238 g/mol. The van der Waals surface area contributed by atoms with Crippen LogP contribution < -0.4 is 5.73 Å². The Morgan fingerprint density at radius 1 is 1.29 bits per heavy atom. The van der Waals surface area contributed by atoms with Gasteiger partial charge >= 0.3 is 0 Å². The first-order valence-electron chi connectivity index (χ1n) is 6.47. The van der Waals surface area contributed by atoms with Gasteiger partial charge in [0.2, 0.25) is 5.89 Å². The molecule has 0 bridgehead atoms. The highest BCUT2D eigenvalue weighted by Gasteiger charge is 2.21. The van der Waals surface area contributed by atoms with Crippen molar-refractivity contribution in [3.05, 3.63) is 17.3 Å². The van der Waals surface area contributed by atoms with Gasteiger partial charge in [-0.25, -0.2) is 4.98 Å². The summed E-state index contributed by atoms with van der Waals surface area (Å²) < 4.78 is 11.3. The van der Waals surface area contributed by atoms with Crippen molar-refractivity contribution in [2.24, 2.45) is 5.73 Å². The fourth-order valence-electron chi connectivity index (χ4n) is 2.29. The number of oxazole rings is 1. The minimum atomic E-state index is 0.157. The van der Waals surface area contributed by atoms with E-state index in [-0.39, 0.29) is 12.1 Å². The van der Waals surface area contributed by atoms with Crippen LogP contribution in [0.25, 0.3) is 0 Å². The highest BCUT2D eigenvalue weighted by atomic mass is 16.5. The number of ether oxygens (including phenoxy) is 1. The smallest absolute Gasteiger partial charge is 0.220 e. The van der Waals surface area contributed by atoms with Crippen LogP contribution in [0.4, 0.5) is 0 Å². The topological polar surface area (TPSA) is 61.3 Å². The van der Waals surface area contributed by atoms with E-state index >= 15 is 0 Å². The van der Waals surface area contributed by atoms with Gasteiger partial charge in [-0.3, -0.25) is 0 Å². The minimum absolute atomic E-state index is 0.157. The Morgan fingerprint density at radius 2 is 2.06 bits per heavy atom. The summed E-state index contributed by atoms with van der Waals surface area (Å²) in [5.41, 5.74) is 7.04. The lowest BCUT2D eigenvalue weighted by molar-refractivity contribution is 0.00869. The van der Waals surface area contributed by atoms with E-state index in [1.54, 1.807) is 0 Å². The van der Waals surface area contributed by atoms with E-state index in [9.17, 15) is 0 Å². The standard InChI is InChI=1S/C13H22N2O2/c1-9-10(2)17-13(15-9)8-16-12-7-5-3-4-6-11(12)14/h11-12H,3-8,14H2,1-2H3. The summed E-state index contributed by atoms with van der Waals surface area (Å²) >= 11 is 0. The second-order valence-corrected chi connectivity index (χ2v) is 4.90. The van der Waals surface area contributed by atoms with E-state index in [0.29, 0.717) is 12.5 Å². The summed E-state index contributed by atoms with van der Waals surface area (Å²) in [6.45, 7) is 4.30. The van der Waals surface area contributed by atoms with E-state index in [1.165, 1.54) is 19.3 Å². The molecule has 1 fully saturated rings. The minimum Gasteiger partial charge on any atom is -0.443 e. The fraction of sp³-hybridized carbons (Fsp3) is 0.769. The molecular weight excluding hydrogens is 216 g/mol.